The molecule has 0 aromatic heterocycles. The van der Waals surface area contributed by atoms with Gasteiger partial charge in [0.05, 0.1) is 48.8 Å². The van der Waals surface area contributed by atoms with E-state index in [-0.39, 0.29) is 25.4 Å². The summed E-state index contributed by atoms with van der Waals surface area (Å²) in [4.78, 5) is 24.4. The lowest BCUT2D eigenvalue weighted by molar-refractivity contribution is -0.308. The number of hydrogen-bond acceptors (Lipinski definition) is 13. The fraction of sp³-hybridized carbons (Fsp3) is 0.636. The number of hydrogen-bond donors (Lipinski definition) is 7. The zero-order valence-electron chi connectivity index (χ0n) is 26.4. The molecule has 0 radical (unpaired) electrons. The molecule has 3 saturated heterocycles. The molecule has 0 spiro atoms. The highest BCUT2D eigenvalue weighted by Gasteiger charge is 2.51. The van der Waals surface area contributed by atoms with Crippen LogP contribution in [0.15, 0.2) is 60.8 Å². The first-order chi connectivity index (χ1) is 22.3. The number of fused-ring (bicyclic) bond motifs is 3. The molecular formula is C33H47NO13. The van der Waals surface area contributed by atoms with Crippen LogP contribution in [0.3, 0.4) is 0 Å². The molecule has 0 unspecified atom stereocenters. The van der Waals surface area contributed by atoms with Crippen molar-refractivity contribution in [2.45, 2.75) is 125 Å². The highest BCUT2D eigenvalue weighted by atomic mass is 16.7. The third kappa shape index (κ3) is 10.6. The highest BCUT2D eigenvalue weighted by Crippen LogP contribution is 2.39. The van der Waals surface area contributed by atoms with Gasteiger partial charge in [0, 0.05) is 38.2 Å². The van der Waals surface area contributed by atoms with Gasteiger partial charge in [0.25, 0.3) is 0 Å². The lowest BCUT2D eigenvalue weighted by Crippen LogP contribution is -2.61. The Kier molecular flexibility index (Phi) is 13.1. The fourth-order valence-corrected chi connectivity index (χ4v) is 6.00. The predicted octanol–water partition coefficient (Wildman–Crippen LogP) is 0.120. The maximum atomic E-state index is 12.3. The SMILES string of the molecule is C[C@@H]1CC=CC=CC=CC=C[C@H](O[C@@H]2O[C@H](C)[C@H](O)[C@H](N)[C@@H]2O)C[C@H]2O[C@@](O)(C[C@H](O)C[C@@H]3O[C@@H]3C=CC(=O)O1)C[C@H](O)[C@@H]2C(=O)O. The molecule has 14 atom stereocenters. The van der Waals surface area contributed by atoms with Gasteiger partial charge in [-0.25, -0.2) is 4.79 Å². The Morgan fingerprint density at radius 1 is 0.936 bits per heavy atom. The molecule has 3 fully saturated rings. The van der Waals surface area contributed by atoms with Crippen molar-refractivity contribution in [2.75, 3.05) is 0 Å². The van der Waals surface area contributed by atoms with Crippen LogP contribution >= 0.6 is 0 Å². The zero-order valence-corrected chi connectivity index (χ0v) is 26.4. The summed E-state index contributed by atoms with van der Waals surface area (Å²) >= 11 is 0. The molecule has 0 aromatic carbocycles. The van der Waals surface area contributed by atoms with Crippen LogP contribution in [0.1, 0.15) is 46.0 Å². The standard InChI is InChI=1S/C33H47NO13/c1-18-10-8-6-4-3-5-7-9-11-21(45-32-30(39)28(34)29(38)19(2)44-32)15-25-27(31(40)41)22(36)17-33(42,47-25)16-20(35)14-24-23(46-24)12-13-26(37)43-18/h3-9,11-13,18-25,27-30,32,35-36,38-39,42H,10,14-17,34H2,1-2H3,(H,40,41)/t18-,19-,20-,21+,22+,23-,24+,25-,27+,28+,29+,30+,32+,33+/m1/s1. The molecule has 47 heavy (non-hydrogen) atoms. The Hall–Kier alpha value is -2.76. The minimum Gasteiger partial charge on any atom is -0.481 e. The third-order valence-electron chi connectivity index (χ3n) is 8.58. The van der Waals surface area contributed by atoms with Crippen LogP contribution in [-0.2, 0) is 33.3 Å². The van der Waals surface area contributed by atoms with E-state index in [1.807, 2.05) is 6.08 Å². The van der Waals surface area contributed by atoms with Gasteiger partial charge < -0.3 is 60.1 Å². The number of aliphatic hydroxyl groups is 5. The fourth-order valence-electron chi connectivity index (χ4n) is 6.00. The topological polar surface area (TPSA) is 231 Å². The summed E-state index contributed by atoms with van der Waals surface area (Å²) in [5.74, 6) is -5.45. The van der Waals surface area contributed by atoms with E-state index in [4.69, 9.17) is 29.4 Å². The first-order valence-corrected chi connectivity index (χ1v) is 15.9. The van der Waals surface area contributed by atoms with Crippen molar-refractivity contribution < 1.29 is 63.9 Å². The van der Waals surface area contributed by atoms with Crippen molar-refractivity contribution in [3.8, 4) is 0 Å². The van der Waals surface area contributed by atoms with Crippen molar-refractivity contribution >= 4 is 11.9 Å². The van der Waals surface area contributed by atoms with Gasteiger partial charge in [0.1, 0.15) is 24.2 Å². The second-order valence-electron chi connectivity index (χ2n) is 12.6. The van der Waals surface area contributed by atoms with Gasteiger partial charge in [0.15, 0.2) is 12.1 Å². The van der Waals surface area contributed by atoms with Gasteiger partial charge >= 0.3 is 11.9 Å². The first kappa shape index (κ1) is 37.1. The van der Waals surface area contributed by atoms with Crippen molar-refractivity contribution in [1.29, 1.82) is 0 Å². The van der Waals surface area contributed by atoms with Crippen molar-refractivity contribution in [3.05, 3.63) is 60.8 Å². The molecule has 4 heterocycles. The maximum absolute atomic E-state index is 12.3. The minimum absolute atomic E-state index is 0.0789. The van der Waals surface area contributed by atoms with E-state index >= 15 is 0 Å². The summed E-state index contributed by atoms with van der Waals surface area (Å²) in [5.41, 5.74) is 5.98. The number of carboxylic acids is 1. The van der Waals surface area contributed by atoms with Crippen LogP contribution in [0.4, 0.5) is 0 Å². The van der Waals surface area contributed by atoms with Gasteiger partial charge in [-0.2, -0.15) is 0 Å². The smallest absolute Gasteiger partial charge is 0.330 e. The van der Waals surface area contributed by atoms with Gasteiger partial charge in [0.2, 0.25) is 0 Å². The normalized spacial score (nSPS) is 43.8. The molecule has 0 aliphatic carbocycles. The summed E-state index contributed by atoms with van der Waals surface area (Å²) < 4.78 is 28.5. The number of esters is 1. The van der Waals surface area contributed by atoms with E-state index < -0.39 is 97.3 Å². The number of carbonyl (C=O) groups excluding carboxylic acids is 1. The molecule has 0 saturated carbocycles. The molecule has 4 rings (SSSR count). The largest absolute Gasteiger partial charge is 0.481 e. The predicted molar refractivity (Wildman–Crippen MR) is 165 cm³/mol. The Morgan fingerprint density at radius 2 is 1.64 bits per heavy atom. The average Bonchev–Trinajstić information content (AvgIpc) is 3.72. The lowest BCUT2D eigenvalue weighted by Gasteiger charge is -2.45. The summed E-state index contributed by atoms with van der Waals surface area (Å²) in [7, 11) is 0. The van der Waals surface area contributed by atoms with E-state index in [0.717, 1.165) is 0 Å². The van der Waals surface area contributed by atoms with E-state index in [1.165, 1.54) is 12.2 Å². The molecule has 14 nitrogen and oxygen atoms in total. The van der Waals surface area contributed by atoms with Crippen molar-refractivity contribution in [1.82, 2.24) is 0 Å². The third-order valence-corrected chi connectivity index (χ3v) is 8.58. The molecule has 0 amide bonds. The minimum atomic E-state index is -2.10. The van der Waals surface area contributed by atoms with E-state index in [0.29, 0.717) is 6.42 Å². The van der Waals surface area contributed by atoms with E-state index in [1.54, 1.807) is 56.4 Å². The van der Waals surface area contributed by atoms with Crippen LogP contribution in [0, 0.1) is 5.92 Å². The summed E-state index contributed by atoms with van der Waals surface area (Å²) in [6.07, 6.45) is 5.25. The number of epoxide rings is 1. The summed E-state index contributed by atoms with van der Waals surface area (Å²) in [5, 5.41) is 63.9. The van der Waals surface area contributed by atoms with Crippen molar-refractivity contribution in [3.63, 3.8) is 0 Å². The monoisotopic (exact) mass is 665 g/mol. The zero-order chi connectivity index (χ0) is 34.3. The number of ether oxygens (including phenoxy) is 5. The lowest BCUT2D eigenvalue weighted by atomic mass is 9.83. The number of allylic oxidation sites excluding steroid dienone is 6. The van der Waals surface area contributed by atoms with Crippen LogP contribution in [0.2, 0.25) is 0 Å². The molecule has 2 bridgehead atoms. The number of carbonyl (C=O) groups is 2. The van der Waals surface area contributed by atoms with Crippen LogP contribution < -0.4 is 5.73 Å². The van der Waals surface area contributed by atoms with Gasteiger partial charge in [-0.15, -0.1) is 0 Å². The Balaban J connectivity index is 1.58. The highest BCUT2D eigenvalue weighted by molar-refractivity contribution is 5.82. The molecule has 0 aromatic rings. The quantitative estimate of drug-likeness (QED) is 0.157. The number of cyclic esters (lactones) is 1. The second kappa shape index (κ2) is 16.6. The van der Waals surface area contributed by atoms with Gasteiger partial charge in [-0.3, -0.25) is 4.79 Å². The number of carboxylic acid groups (broad SMARTS) is 1. The number of aliphatic carboxylic acids is 1. The molecular weight excluding hydrogens is 618 g/mol. The maximum Gasteiger partial charge on any atom is 0.330 e. The number of nitrogens with two attached hydrogens (primary N) is 1. The van der Waals surface area contributed by atoms with E-state index in [2.05, 4.69) is 0 Å². The van der Waals surface area contributed by atoms with Gasteiger partial charge in [-0.05, 0) is 19.9 Å². The van der Waals surface area contributed by atoms with Crippen LogP contribution in [0.5, 0.6) is 0 Å². The Morgan fingerprint density at radius 3 is 2.36 bits per heavy atom. The second-order valence-corrected chi connectivity index (χ2v) is 12.6. The van der Waals surface area contributed by atoms with Crippen LogP contribution in [-0.4, -0.2) is 122 Å². The van der Waals surface area contributed by atoms with Gasteiger partial charge in [-0.1, -0.05) is 48.6 Å². The summed E-state index contributed by atoms with van der Waals surface area (Å²) in [6.45, 7) is 3.34. The molecule has 4 aliphatic rings. The Bertz CT molecular complexity index is 1220. The molecule has 8 N–H and O–H groups in total. The molecule has 4 aliphatic heterocycles. The summed E-state index contributed by atoms with van der Waals surface area (Å²) in [6, 6.07) is -1.08. The number of aliphatic hydroxyl groups excluding tert-OH is 4. The van der Waals surface area contributed by atoms with Crippen LogP contribution in [0.25, 0.3) is 0 Å². The van der Waals surface area contributed by atoms with E-state index in [9.17, 15) is 40.2 Å². The number of rotatable bonds is 3. The first-order valence-electron chi connectivity index (χ1n) is 15.9. The van der Waals surface area contributed by atoms with Crippen molar-refractivity contribution in [2.24, 2.45) is 11.7 Å². The Labute approximate surface area is 273 Å². The average molecular weight is 666 g/mol. The molecule has 14 heteroatoms. The molecule has 262 valence electrons.